The van der Waals surface area contributed by atoms with Crippen molar-refractivity contribution in [3.8, 4) is 0 Å². The summed E-state index contributed by atoms with van der Waals surface area (Å²) in [5.74, 6) is 0.659. The van der Waals surface area contributed by atoms with E-state index in [9.17, 15) is 0 Å². The maximum atomic E-state index is 4.08. The molecular formula is C15H18S. The van der Waals surface area contributed by atoms with Crippen LogP contribution in [0.25, 0.3) is 0 Å². The number of hydrogen-bond acceptors (Lipinski definition) is 1. The van der Waals surface area contributed by atoms with Crippen molar-refractivity contribution in [3.63, 3.8) is 0 Å². The molecule has 2 rings (SSSR count). The van der Waals surface area contributed by atoms with Crippen LogP contribution in [0.5, 0.6) is 0 Å². The number of thiol groups is 1. The summed E-state index contributed by atoms with van der Waals surface area (Å²) in [7, 11) is 0. The van der Waals surface area contributed by atoms with Crippen molar-refractivity contribution >= 4 is 12.6 Å². The predicted octanol–water partition coefficient (Wildman–Crippen LogP) is 4.79. The fourth-order valence-electron chi connectivity index (χ4n) is 1.27. The molecule has 2 aromatic rings. The van der Waals surface area contributed by atoms with Gasteiger partial charge in [0, 0.05) is 4.90 Å². The van der Waals surface area contributed by atoms with Gasteiger partial charge in [0.1, 0.15) is 0 Å². The fraction of sp³-hybridized carbons (Fsp3) is 0.200. The summed E-state index contributed by atoms with van der Waals surface area (Å²) < 4.78 is 0. The largest absolute Gasteiger partial charge is 0.143 e. The van der Waals surface area contributed by atoms with Crippen LogP contribution in [0, 0.1) is 0 Å². The van der Waals surface area contributed by atoms with E-state index in [2.05, 4.69) is 50.7 Å². The molecule has 84 valence electrons. The van der Waals surface area contributed by atoms with E-state index in [1.165, 1.54) is 5.56 Å². The molecule has 0 saturated heterocycles. The van der Waals surface area contributed by atoms with E-state index < -0.39 is 0 Å². The van der Waals surface area contributed by atoms with Gasteiger partial charge in [-0.05, 0) is 23.6 Å². The molecule has 0 fully saturated rings. The van der Waals surface area contributed by atoms with Gasteiger partial charge in [0.25, 0.3) is 0 Å². The van der Waals surface area contributed by atoms with Crippen molar-refractivity contribution in [2.75, 3.05) is 0 Å². The molecule has 0 radical (unpaired) electrons. The summed E-state index contributed by atoms with van der Waals surface area (Å²) in [5, 5.41) is 0. The zero-order valence-electron chi connectivity index (χ0n) is 9.80. The Hall–Kier alpha value is -1.21. The van der Waals surface area contributed by atoms with Gasteiger partial charge in [0.15, 0.2) is 0 Å². The summed E-state index contributed by atoms with van der Waals surface area (Å²) in [5.41, 5.74) is 1.41. The Morgan fingerprint density at radius 3 is 1.44 bits per heavy atom. The van der Waals surface area contributed by atoms with Crippen LogP contribution in [0.2, 0.25) is 0 Å². The number of hydrogen-bond donors (Lipinski definition) is 1. The summed E-state index contributed by atoms with van der Waals surface area (Å²) in [6, 6.07) is 20.3. The zero-order chi connectivity index (χ0) is 11.8. The third-order valence-corrected chi connectivity index (χ3v) is 2.52. The lowest BCUT2D eigenvalue weighted by molar-refractivity contribution is 0.867. The van der Waals surface area contributed by atoms with Gasteiger partial charge < -0.3 is 0 Å². The molecule has 0 aliphatic heterocycles. The van der Waals surface area contributed by atoms with Crippen molar-refractivity contribution in [1.82, 2.24) is 0 Å². The summed E-state index contributed by atoms with van der Waals surface area (Å²) in [6.07, 6.45) is 0. The topological polar surface area (TPSA) is 0 Å². The van der Waals surface area contributed by atoms with E-state index in [1.807, 2.05) is 36.4 Å². The maximum Gasteiger partial charge on any atom is 0.00399 e. The first kappa shape index (κ1) is 12.9. The molecule has 0 aromatic heterocycles. The molecular weight excluding hydrogens is 212 g/mol. The molecule has 0 spiro atoms. The second-order valence-corrected chi connectivity index (χ2v) is 4.42. The zero-order valence-corrected chi connectivity index (χ0v) is 10.7. The van der Waals surface area contributed by atoms with Gasteiger partial charge in [-0.1, -0.05) is 62.4 Å². The quantitative estimate of drug-likeness (QED) is 0.669. The van der Waals surface area contributed by atoms with Crippen molar-refractivity contribution in [1.29, 1.82) is 0 Å². The average molecular weight is 230 g/mol. The first-order valence-electron chi connectivity index (χ1n) is 5.49. The van der Waals surface area contributed by atoms with Crippen LogP contribution in [0.4, 0.5) is 0 Å². The lowest BCUT2D eigenvalue weighted by Gasteiger charge is -2.01. The standard InChI is InChI=1S/C9H12.C6H6S/c1-8(2)9-6-4-3-5-7-9;7-6-4-2-1-3-5-6/h3-8H,1-2H3;1-5,7H. The van der Waals surface area contributed by atoms with Crippen molar-refractivity contribution in [3.05, 3.63) is 66.2 Å². The van der Waals surface area contributed by atoms with E-state index in [0.717, 1.165) is 4.90 Å². The Bertz CT molecular complexity index is 379. The van der Waals surface area contributed by atoms with Crippen molar-refractivity contribution in [2.45, 2.75) is 24.7 Å². The van der Waals surface area contributed by atoms with Crippen LogP contribution in [0.3, 0.4) is 0 Å². The third kappa shape index (κ3) is 5.04. The normalized spacial score (nSPS) is 9.50. The Morgan fingerprint density at radius 2 is 1.19 bits per heavy atom. The average Bonchev–Trinajstić information content (AvgIpc) is 2.32. The lowest BCUT2D eigenvalue weighted by atomic mass is 10.0. The minimum absolute atomic E-state index is 0.659. The number of rotatable bonds is 1. The molecule has 0 nitrogen and oxygen atoms in total. The van der Waals surface area contributed by atoms with E-state index >= 15 is 0 Å². The van der Waals surface area contributed by atoms with Crippen LogP contribution < -0.4 is 0 Å². The third-order valence-electron chi connectivity index (χ3n) is 2.22. The first-order valence-corrected chi connectivity index (χ1v) is 5.94. The van der Waals surface area contributed by atoms with E-state index in [-0.39, 0.29) is 0 Å². The van der Waals surface area contributed by atoms with Gasteiger partial charge >= 0.3 is 0 Å². The molecule has 0 N–H and O–H groups in total. The molecule has 0 saturated carbocycles. The second kappa shape index (κ2) is 7.13. The van der Waals surface area contributed by atoms with Crippen LogP contribution in [-0.4, -0.2) is 0 Å². The molecule has 0 heterocycles. The minimum Gasteiger partial charge on any atom is -0.143 e. The number of benzene rings is 2. The maximum absolute atomic E-state index is 4.08. The predicted molar refractivity (Wildman–Crippen MR) is 74.2 cm³/mol. The van der Waals surface area contributed by atoms with E-state index in [1.54, 1.807) is 0 Å². The molecule has 0 aliphatic carbocycles. The molecule has 0 amide bonds. The first-order chi connectivity index (χ1) is 7.70. The second-order valence-electron chi connectivity index (χ2n) is 3.90. The summed E-state index contributed by atoms with van der Waals surface area (Å²) in [4.78, 5) is 1.02. The molecule has 0 bridgehead atoms. The van der Waals surface area contributed by atoms with Gasteiger partial charge in [-0.15, -0.1) is 12.6 Å². The van der Waals surface area contributed by atoms with Crippen LogP contribution >= 0.6 is 12.6 Å². The molecule has 0 unspecified atom stereocenters. The highest BCUT2D eigenvalue weighted by Crippen LogP contribution is 2.11. The van der Waals surface area contributed by atoms with Gasteiger partial charge in [0.2, 0.25) is 0 Å². The van der Waals surface area contributed by atoms with Gasteiger partial charge in [-0.25, -0.2) is 0 Å². The Morgan fingerprint density at radius 1 is 0.750 bits per heavy atom. The van der Waals surface area contributed by atoms with Gasteiger partial charge in [-0.3, -0.25) is 0 Å². The highest BCUT2D eigenvalue weighted by atomic mass is 32.1. The van der Waals surface area contributed by atoms with E-state index in [4.69, 9.17) is 0 Å². The van der Waals surface area contributed by atoms with Gasteiger partial charge in [0.05, 0.1) is 0 Å². The smallest absolute Gasteiger partial charge is 0.00399 e. The molecule has 0 aliphatic rings. The minimum atomic E-state index is 0.659. The molecule has 1 heteroatoms. The highest BCUT2D eigenvalue weighted by Gasteiger charge is 1.93. The highest BCUT2D eigenvalue weighted by molar-refractivity contribution is 7.80. The fourth-order valence-corrected chi connectivity index (χ4v) is 1.44. The Kier molecular flexibility index (Phi) is 5.73. The summed E-state index contributed by atoms with van der Waals surface area (Å²) in [6.45, 7) is 4.41. The van der Waals surface area contributed by atoms with Gasteiger partial charge in [-0.2, -0.15) is 0 Å². The van der Waals surface area contributed by atoms with Crippen molar-refractivity contribution < 1.29 is 0 Å². The molecule has 0 atom stereocenters. The van der Waals surface area contributed by atoms with Crippen LogP contribution in [0.15, 0.2) is 65.6 Å². The Balaban J connectivity index is 0.000000165. The lowest BCUT2D eigenvalue weighted by Crippen LogP contribution is -1.83. The SMILES string of the molecule is CC(C)c1ccccc1.Sc1ccccc1. The van der Waals surface area contributed by atoms with Crippen LogP contribution in [-0.2, 0) is 0 Å². The summed E-state index contributed by atoms with van der Waals surface area (Å²) >= 11 is 4.08. The van der Waals surface area contributed by atoms with E-state index in [0.29, 0.717) is 5.92 Å². The molecule has 16 heavy (non-hydrogen) atoms. The van der Waals surface area contributed by atoms with Crippen molar-refractivity contribution in [2.24, 2.45) is 0 Å². The van der Waals surface area contributed by atoms with Crippen LogP contribution in [0.1, 0.15) is 25.3 Å². The Labute approximate surface area is 104 Å². The monoisotopic (exact) mass is 230 g/mol. The molecule has 2 aromatic carbocycles.